The van der Waals surface area contributed by atoms with E-state index in [-0.39, 0.29) is 5.91 Å². The largest absolute Gasteiger partial charge is 0.386 e. The van der Waals surface area contributed by atoms with Gasteiger partial charge in [-0.2, -0.15) is 0 Å². The molecule has 1 unspecified atom stereocenters. The molecule has 0 heterocycles. The maximum absolute atomic E-state index is 11.4. The fourth-order valence-electron chi connectivity index (χ4n) is 1.57. The minimum atomic E-state index is -0.772. The first-order valence-electron chi connectivity index (χ1n) is 5.38. The quantitative estimate of drug-likeness (QED) is 0.614. The van der Waals surface area contributed by atoms with Crippen LogP contribution in [0.25, 0.3) is 0 Å². The Morgan fingerprint density at radius 1 is 1.47 bits per heavy atom. The van der Waals surface area contributed by atoms with E-state index in [4.69, 9.17) is 0 Å². The van der Waals surface area contributed by atoms with Crippen molar-refractivity contribution in [2.75, 3.05) is 0 Å². The standard InChI is InChI=1S/C14H17NO2/c1-4-8-12(16)15-14(2,3)13(17)11-9-6-5-7-10-11/h5-10,13,17H,1H2,2-3H3,(H,15,16). The minimum absolute atomic E-state index is 0.319. The number of rotatable bonds is 4. The van der Waals surface area contributed by atoms with Crippen LogP contribution in [-0.4, -0.2) is 16.6 Å². The second-order valence-corrected chi connectivity index (χ2v) is 4.37. The highest BCUT2D eigenvalue weighted by atomic mass is 16.3. The lowest BCUT2D eigenvalue weighted by atomic mass is 9.91. The zero-order valence-corrected chi connectivity index (χ0v) is 10.1. The first-order chi connectivity index (χ1) is 7.97. The van der Waals surface area contributed by atoms with Gasteiger partial charge in [-0.1, -0.05) is 36.9 Å². The Kier molecular flexibility index (Phi) is 4.27. The van der Waals surface area contributed by atoms with Gasteiger partial charge in [0, 0.05) is 6.08 Å². The summed E-state index contributed by atoms with van der Waals surface area (Å²) in [6, 6.07) is 9.21. The maximum atomic E-state index is 11.4. The fourth-order valence-corrected chi connectivity index (χ4v) is 1.57. The highest BCUT2D eigenvalue weighted by molar-refractivity contribution is 5.87. The van der Waals surface area contributed by atoms with Crippen LogP contribution >= 0.6 is 0 Å². The molecule has 1 aromatic rings. The number of amides is 1. The monoisotopic (exact) mass is 231 g/mol. The second-order valence-electron chi connectivity index (χ2n) is 4.37. The van der Waals surface area contributed by atoms with E-state index in [0.29, 0.717) is 0 Å². The van der Waals surface area contributed by atoms with Crippen LogP contribution in [0.4, 0.5) is 0 Å². The van der Waals surface area contributed by atoms with E-state index in [2.05, 4.69) is 17.6 Å². The van der Waals surface area contributed by atoms with Crippen molar-refractivity contribution in [1.29, 1.82) is 0 Å². The Morgan fingerprint density at radius 3 is 2.59 bits per heavy atom. The summed E-state index contributed by atoms with van der Waals surface area (Å²) in [6.07, 6.45) is 0.435. The van der Waals surface area contributed by atoms with Crippen LogP contribution in [0.5, 0.6) is 0 Å². The summed E-state index contributed by atoms with van der Waals surface area (Å²) in [4.78, 5) is 11.4. The Labute approximate surface area is 101 Å². The van der Waals surface area contributed by atoms with Crippen LogP contribution in [-0.2, 0) is 4.79 Å². The number of carbonyl (C=O) groups is 1. The van der Waals surface area contributed by atoms with E-state index in [9.17, 15) is 9.90 Å². The van der Waals surface area contributed by atoms with Gasteiger partial charge in [0.1, 0.15) is 6.10 Å². The molecule has 0 aliphatic carbocycles. The van der Waals surface area contributed by atoms with Crippen LogP contribution < -0.4 is 5.32 Å². The third kappa shape index (κ3) is 3.59. The summed E-state index contributed by atoms with van der Waals surface area (Å²) < 4.78 is 0. The molecule has 2 N–H and O–H groups in total. The molecule has 0 fully saturated rings. The third-order valence-electron chi connectivity index (χ3n) is 2.48. The third-order valence-corrected chi connectivity index (χ3v) is 2.48. The van der Waals surface area contributed by atoms with Gasteiger partial charge in [-0.05, 0) is 19.4 Å². The molecule has 0 radical (unpaired) electrons. The lowest BCUT2D eigenvalue weighted by Gasteiger charge is -2.31. The predicted molar refractivity (Wildman–Crippen MR) is 67.3 cm³/mol. The van der Waals surface area contributed by atoms with Gasteiger partial charge in [0.15, 0.2) is 0 Å². The topological polar surface area (TPSA) is 49.3 Å². The highest BCUT2D eigenvalue weighted by Crippen LogP contribution is 2.24. The van der Waals surface area contributed by atoms with Crippen molar-refractivity contribution in [2.45, 2.75) is 25.5 Å². The zero-order chi connectivity index (χ0) is 12.9. The molecule has 3 nitrogen and oxygen atoms in total. The van der Waals surface area contributed by atoms with Crippen LogP contribution in [0.3, 0.4) is 0 Å². The number of nitrogens with one attached hydrogen (secondary N) is 1. The van der Waals surface area contributed by atoms with Gasteiger partial charge in [-0.3, -0.25) is 4.79 Å². The predicted octanol–water partition coefficient (Wildman–Crippen LogP) is 1.96. The molecule has 17 heavy (non-hydrogen) atoms. The van der Waals surface area contributed by atoms with Crippen molar-refractivity contribution in [1.82, 2.24) is 5.32 Å². The van der Waals surface area contributed by atoms with Gasteiger partial charge >= 0.3 is 0 Å². The number of aliphatic hydroxyl groups is 1. The lowest BCUT2D eigenvalue weighted by molar-refractivity contribution is -0.119. The average Bonchev–Trinajstić information content (AvgIpc) is 2.28. The first-order valence-corrected chi connectivity index (χ1v) is 5.38. The van der Waals surface area contributed by atoms with Crippen LogP contribution in [0.1, 0.15) is 25.5 Å². The maximum Gasteiger partial charge on any atom is 0.252 e. The molecule has 0 saturated heterocycles. The van der Waals surface area contributed by atoms with E-state index in [1.165, 1.54) is 6.08 Å². The van der Waals surface area contributed by atoms with Crippen LogP contribution in [0.2, 0.25) is 0 Å². The van der Waals surface area contributed by atoms with Crippen molar-refractivity contribution < 1.29 is 9.90 Å². The van der Waals surface area contributed by atoms with Gasteiger partial charge in [0.05, 0.1) is 5.54 Å². The van der Waals surface area contributed by atoms with Gasteiger partial charge in [-0.15, -0.1) is 5.73 Å². The van der Waals surface area contributed by atoms with Crippen LogP contribution in [0.15, 0.2) is 48.7 Å². The summed E-state index contributed by atoms with van der Waals surface area (Å²) in [5.41, 5.74) is 2.41. The summed E-state index contributed by atoms with van der Waals surface area (Å²) in [6.45, 7) is 6.86. The average molecular weight is 231 g/mol. The van der Waals surface area contributed by atoms with Crippen molar-refractivity contribution in [2.24, 2.45) is 0 Å². The molecule has 1 amide bonds. The van der Waals surface area contributed by atoms with Crippen molar-refractivity contribution in [3.05, 3.63) is 54.3 Å². The summed E-state index contributed by atoms with van der Waals surface area (Å²) >= 11 is 0. The van der Waals surface area contributed by atoms with Gasteiger partial charge < -0.3 is 10.4 Å². The number of hydrogen-bond acceptors (Lipinski definition) is 2. The molecule has 0 saturated carbocycles. The summed E-state index contributed by atoms with van der Waals surface area (Å²) in [5.74, 6) is -0.319. The van der Waals surface area contributed by atoms with E-state index in [1.807, 2.05) is 30.3 Å². The van der Waals surface area contributed by atoms with Crippen molar-refractivity contribution in [3.63, 3.8) is 0 Å². The molecule has 0 aliphatic rings. The zero-order valence-electron chi connectivity index (χ0n) is 10.1. The Bertz CT molecular complexity index is 431. The van der Waals surface area contributed by atoms with Gasteiger partial charge in [0.2, 0.25) is 0 Å². The number of aliphatic hydroxyl groups excluding tert-OH is 1. The molecule has 1 rings (SSSR count). The van der Waals surface area contributed by atoms with Crippen molar-refractivity contribution in [3.8, 4) is 0 Å². The summed E-state index contributed by atoms with van der Waals surface area (Å²) in [7, 11) is 0. The Balaban J connectivity index is 2.83. The van der Waals surface area contributed by atoms with Gasteiger partial charge in [-0.25, -0.2) is 0 Å². The fraction of sp³-hybridized carbons (Fsp3) is 0.286. The van der Waals surface area contributed by atoms with Gasteiger partial charge in [0.25, 0.3) is 5.91 Å². The first kappa shape index (κ1) is 13.2. The molecule has 0 aromatic heterocycles. The Morgan fingerprint density at radius 2 is 2.06 bits per heavy atom. The molecule has 90 valence electrons. The molecular formula is C14H17NO2. The second kappa shape index (κ2) is 5.48. The van der Waals surface area contributed by atoms with E-state index in [0.717, 1.165) is 5.56 Å². The van der Waals surface area contributed by atoms with Crippen molar-refractivity contribution >= 4 is 5.91 Å². The molecule has 1 aromatic carbocycles. The SMILES string of the molecule is C=C=CC(=O)NC(C)(C)C(O)c1ccccc1. The van der Waals surface area contributed by atoms with Crippen LogP contribution in [0, 0.1) is 0 Å². The van der Waals surface area contributed by atoms with E-state index in [1.54, 1.807) is 13.8 Å². The minimum Gasteiger partial charge on any atom is -0.386 e. The molecule has 0 spiro atoms. The molecule has 0 bridgehead atoms. The van der Waals surface area contributed by atoms with E-state index >= 15 is 0 Å². The molecule has 3 heteroatoms. The molecule has 0 aliphatic heterocycles. The number of carbonyl (C=O) groups excluding carboxylic acids is 1. The number of hydrogen-bond donors (Lipinski definition) is 2. The normalized spacial score (nSPS) is 12.4. The van der Waals surface area contributed by atoms with E-state index < -0.39 is 11.6 Å². The molecular weight excluding hydrogens is 214 g/mol. The number of benzene rings is 1. The smallest absolute Gasteiger partial charge is 0.252 e. The molecule has 1 atom stereocenters. The Hall–Kier alpha value is -1.83. The lowest BCUT2D eigenvalue weighted by Crippen LogP contribution is -2.47. The highest BCUT2D eigenvalue weighted by Gasteiger charge is 2.29. The summed E-state index contributed by atoms with van der Waals surface area (Å²) in [5, 5.41) is 12.9.